The molecule has 1 aromatic rings. The molecule has 1 heterocycles. The molecule has 0 amide bonds. The van der Waals surface area contributed by atoms with Crippen LogP contribution in [-0.4, -0.2) is 21.4 Å². The summed E-state index contributed by atoms with van der Waals surface area (Å²) in [4.78, 5) is 4.44. The highest BCUT2D eigenvalue weighted by atomic mass is 16.5. The SMILES string of the molecule is CCCC(O)Cc1nc(C2CCC(C)CC2)no1. The molecular formula is C14H24N2O2. The van der Waals surface area contributed by atoms with Crippen LogP contribution in [0.25, 0.3) is 0 Å². The third kappa shape index (κ3) is 3.55. The van der Waals surface area contributed by atoms with Gasteiger partial charge in [0.1, 0.15) is 0 Å². The first-order valence-electron chi connectivity index (χ1n) is 7.19. The molecule has 0 bridgehead atoms. The van der Waals surface area contributed by atoms with Crippen LogP contribution in [0.15, 0.2) is 4.52 Å². The lowest BCUT2D eigenvalue weighted by atomic mass is 9.83. The zero-order valence-electron chi connectivity index (χ0n) is 11.4. The second kappa shape index (κ2) is 6.32. The molecule has 4 nitrogen and oxygen atoms in total. The first kappa shape index (κ1) is 13.5. The van der Waals surface area contributed by atoms with Crippen molar-refractivity contribution in [3.05, 3.63) is 11.7 Å². The predicted octanol–water partition coefficient (Wildman–Crippen LogP) is 3.07. The second-order valence-corrected chi connectivity index (χ2v) is 5.65. The first-order valence-corrected chi connectivity index (χ1v) is 7.19. The summed E-state index contributed by atoms with van der Waals surface area (Å²) in [6.45, 7) is 4.37. The van der Waals surface area contributed by atoms with Gasteiger partial charge in [-0.3, -0.25) is 0 Å². The molecule has 1 unspecified atom stereocenters. The van der Waals surface area contributed by atoms with E-state index in [2.05, 4.69) is 24.0 Å². The highest BCUT2D eigenvalue weighted by Gasteiger charge is 2.24. The fourth-order valence-electron chi connectivity index (χ4n) is 2.67. The van der Waals surface area contributed by atoms with Crippen molar-refractivity contribution in [1.29, 1.82) is 0 Å². The molecule has 1 aliphatic carbocycles. The summed E-state index contributed by atoms with van der Waals surface area (Å²) in [6.07, 6.45) is 6.75. The minimum Gasteiger partial charge on any atom is -0.393 e. The Labute approximate surface area is 109 Å². The summed E-state index contributed by atoms with van der Waals surface area (Å²) >= 11 is 0. The van der Waals surface area contributed by atoms with Gasteiger partial charge >= 0.3 is 0 Å². The third-order valence-corrected chi connectivity index (χ3v) is 3.90. The molecule has 18 heavy (non-hydrogen) atoms. The Balaban J connectivity index is 1.89. The summed E-state index contributed by atoms with van der Waals surface area (Å²) < 4.78 is 5.24. The Kier molecular flexibility index (Phi) is 4.75. The number of hydrogen-bond donors (Lipinski definition) is 1. The molecule has 1 saturated carbocycles. The number of aliphatic hydroxyl groups excluding tert-OH is 1. The van der Waals surface area contributed by atoms with E-state index in [1.165, 1.54) is 12.8 Å². The fourth-order valence-corrected chi connectivity index (χ4v) is 2.67. The van der Waals surface area contributed by atoms with Crippen LogP contribution in [0, 0.1) is 5.92 Å². The standard InChI is InChI=1S/C14H24N2O2/c1-3-4-12(17)9-13-15-14(16-18-13)11-7-5-10(2)6-8-11/h10-12,17H,3-9H2,1-2H3. The quantitative estimate of drug-likeness (QED) is 0.875. The van der Waals surface area contributed by atoms with Crippen molar-refractivity contribution in [2.75, 3.05) is 0 Å². The number of aromatic nitrogens is 2. The van der Waals surface area contributed by atoms with E-state index >= 15 is 0 Å². The van der Waals surface area contributed by atoms with Gasteiger partial charge in [-0.05, 0) is 25.2 Å². The monoisotopic (exact) mass is 252 g/mol. The molecule has 0 aliphatic heterocycles. The van der Waals surface area contributed by atoms with Crippen molar-refractivity contribution in [3.63, 3.8) is 0 Å². The van der Waals surface area contributed by atoms with Crippen molar-refractivity contribution in [1.82, 2.24) is 10.1 Å². The molecule has 2 rings (SSSR count). The van der Waals surface area contributed by atoms with Gasteiger partial charge in [-0.15, -0.1) is 0 Å². The number of aliphatic hydroxyl groups is 1. The van der Waals surface area contributed by atoms with Gasteiger partial charge in [0.25, 0.3) is 0 Å². The topological polar surface area (TPSA) is 59.2 Å². The van der Waals surface area contributed by atoms with E-state index in [1.54, 1.807) is 0 Å². The Bertz CT molecular complexity index is 356. The number of nitrogens with zero attached hydrogens (tertiary/aromatic N) is 2. The van der Waals surface area contributed by atoms with Crippen LogP contribution in [-0.2, 0) is 6.42 Å². The highest BCUT2D eigenvalue weighted by Crippen LogP contribution is 2.34. The maximum atomic E-state index is 9.73. The van der Waals surface area contributed by atoms with Gasteiger partial charge in [0.05, 0.1) is 12.5 Å². The summed E-state index contributed by atoms with van der Waals surface area (Å²) in [7, 11) is 0. The van der Waals surface area contributed by atoms with Crippen LogP contribution in [0.2, 0.25) is 0 Å². The Morgan fingerprint density at radius 2 is 2.06 bits per heavy atom. The van der Waals surface area contributed by atoms with Crippen LogP contribution in [0.4, 0.5) is 0 Å². The first-order chi connectivity index (χ1) is 8.69. The Morgan fingerprint density at radius 3 is 2.72 bits per heavy atom. The van der Waals surface area contributed by atoms with Gasteiger partial charge in [0.15, 0.2) is 5.82 Å². The van der Waals surface area contributed by atoms with E-state index in [0.717, 1.165) is 37.4 Å². The van der Waals surface area contributed by atoms with Gasteiger partial charge in [-0.1, -0.05) is 38.3 Å². The summed E-state index contributed by atoms with van der Waals surface area (Å²) in [5.41, 5.74) is 0. The van der Waals surface area contributed by atoms with Crippen molar-refractivity contribution in [3.8, 4) is 0 Å². The van der Waals surface area contributed by atoms with Crippen LogP contribution in [0.1, 0.15) is 70.0 Å². The average Bonchev–Trinajstić information content (AvgIpc) is 2.78. The average molecular weight is 252 g/mol. The van der Waals surface area contributed by atoms with Gasteiger partial charge in [0.2, 0.25) is 5.89 Å². The van der Waals surface area contributed by atoms with Gasteiger partial charge in [0, 0.05) is 5.92 Å². The normalized spacial score (nSPS) is 26.2. The number of rotatable bonds is 5. The van der Waals surface area contributed by atoms with E-state index in [4.69, 9.17) is 4.52 Å². The minimum absolute atomic E-state index is 0.352. The smallest absolute Gasteiger partial charge is 0.229 e. The van der Waals surface area contributed by atoms with Crippen LogP contribution in [0.5, 0.6) is 0 Å². The van der Waals surface area contributed by atoms with Crippen LogP contribution < -0.4 is 0 Å². The molecule has 0 radical (unpaired) electrons. The maximum absolute atomic E-state index is 9.73. The van der Waals surface area contributed by atoms with Crippen LogP contribution in [0.3, 0.4) is 0 Å². The molecule has 0 aromatic carbocycles. The predicted molar refractivity (Wildman–Crippen MR) is 69.3 cm³/mol. The van der Waals surface area contributed by atoms with Gasteiger partial charge in [-0.2, -0.15) is 4.98 Å². The maximum Gasteiger partial charge on any atom is 0.229 e. The van der Waals surface area contributed by atoms with Crippen molar-refractivity contribution in [2.24, 2.45) is 5.92 Å². The van der Waals surface area contributed by atoms with Crippen molar-refractivity contribution < 1.29 is 9.63 Å². The summed E-state index contributed by atoms with van der Waals surface area (Å²) in [5, 5.41) is 13.8. The largest absolute Gasteiger partial charge is 0.393 e. The van der Waals surface area contributed by atoms with Gasteiger partial charge < -0.3 is 9.63 Å². The zero-order valence-corrected chi connectivity index (χ0v) is 11.4. The Morgan fingerprint density at radius 1 is 1.33 bits per heavy atom. The lowest BCUT2D eigenvalue weighted by molar-refractivity contribution is 0.151. The molecule has 4 heteroatoms. The lowest BCUT2D eigenvalue weighted by Gasteiger charge is -2.23. The summed E-state index contributed by atoms with van der Waals surface area (Å²) in [5.74, 6) is 2.73. The fraction of sp³-hybridized carbons (Fsp3) is 0.857. The minimum atomic E-state index is -0.352. The molecular weight excluding hydrogens is 228 g/mol. The molecule has 1 aromatic heterocycles. The Hall–Kier alpha value is -0.900. The third-order valence-electron chi connectivity index (χ3n) is 3.90. The molecule has 1 N–H and O–H groups in total. The molecule has 1 fully saturated rings. The zero-order chi connectivity index (χ0) is 13.0. The molecule has 102 valence electrons. The molecule has 1 atom stereocenters. The van der Waals surface area contributed by atoms with E-state index in [-0.39, 0.29) is 6.10 Å². The van der Waals surface area contributed by atoms with E-state index in [1.807, 2.05) is 0 Å². The van der Waals surface area contributed by atoms with E-state index in [9.17, 15) is 5.11 Å². The van der Waals surface area contributed by atoms with Crippen LogP contribution >= 0.6 is 0 Å². The number of hydrogen-bond acceptors (Lipinski definition) is 4. The molecule has 1 aliphatic rings. The van der Waals surface area contributed by atoms with E-state index < -0.39 is 0 Å². The molecule has 0 spiro atoms. The lowest BCUT2D eigenvalue weighted by Crippen LogP contribution is -2.13. The van der Waals surface area contributed by atoms with Gasteiger partial charge in [-0.25, -0.2) is 0 Å². The highest BCUT2D eigenvalue weighted by molar-refractivity contribution is 4.98. The molecule has 0 saturated heterocycles. The van der Waals surface area contributed by atoms with Crippen molar-refractivity contribution >= 4 is 0 Å². The van der Waals surface area contributed by atoms with Crippen molar-refractivity contribution in [2.45, 2.75) is 70.8 Å². The van der Waals surface area contributed by atoms with E-state index in [0.29, 0.717) is 18.2 Å². The second-order valence-electron chi connectivity index (χ2n) is 5.65. The summed E-state index contributed by atoms with van der Waals surface area (Å²) in [6, 6.07) is 0.